The maximum atomic E-state index is 8.28. The quantitative estimate of drug-likeness (QED) is 0.411. The molecule has 0 aromatic carbocycles. The van der Waals surface area contributed by atoms with Gasteiger partial charge in [-0.15, -0.1) is 11.6 Å². The van der Waals surface area contributed by atoms with Crippen LogP contribution in [0, 0.1) is 0 Å². The third-order valence-corrected chi connectivity index (χ3v) is 0.745. The predicted octanol–water partition coefficient (Wildman–Crippen LogP) is -0.577. The molecule has 0 aliphatic rings. The van der Waals surface area contributed by atoms with E-state index in [0.717, 1.165) is 0 Å². The number of rotatable bonds is 2. The van der Waals surface area contributed by atoms with E-state index in [1.807, 2.05) is 0 Å². The summed E-state index contributed by atoms with van der Waals surface area (Å²) in [6.07, 6.45) is -0.744. The molecule has 0 saturated heterocycles. The van der Waals surface area contributed by atoms with Gasteiger partial charge >= 0.3 is 37.7 Å². The summed E-state index contributed by atoms with van der Waals surface area (Å²) in [6, 6.07) is 0. The summed E-state index contributed by atoms with van der Waals surface area (Å²) in [5.74, 6) is 0.108. The Morgan fingerprint density at radius 1 is 1.71 bits per heavy atom. The Morgan fingerprint density at radius 2 is 2.14 bits per heavy atom. The van der Waals surface area contributed by atoms with Crippen molar-refractivity contribution >= 4 is 49.3 Å². The van der Waals surface area contributed by atoms with E-state index in [1.54, 1.807) is 0 Å². The van der Waals surface area contributed by atoms with Gasteiger partial charge in [0.05, 0.1) is 18.6 Å². The Morgan fingerprint density at radius 3 is 2.14 bits per heavy atom. The Hall–Kier alpha value is 1.47. The Labute approximate surface area is 80.4 Å². The molecule has 1 unspecified atom stereocenters. The zero-order valence-electron chi connectivity index (χ0n) is 5.97. The molecule has 2 N–H and O–H groups in total. The average Bonchev–Trinajstić information content (AvgIpc) is 1.65. The first kappa shape index (κ1) is 11.3. The van der Waals surface area contributed by atoms with Crippen LogP contribution in [0.2, 0.25) is 0 Å². The molecule has 0 aromatic rings. The molecular weight excluding hydrogens is 144 g/mol. The van der Waals surface area contributed by atoms with E-state index in [-0.39, 0.29) is 53.1 Å². The monoisotopic (exact) mass is 152 g/mol. The van der Waals surface area contributed by atoms with E-state index >= 15 is 0 Å². The van der Waals surface area contributed by atoms with Crippen molar-refractivity contribution in [3.63, 3.8) is 0 Å². The maximum Gasteiger partial charge on any atom is 2.00 e. The molecule has 0 spiro atoms. The molecule has 1 atom stereocenters. The molecule has 4 heteroatoms. The van der Waals surface area contributed by atoms with Crippen molar-refractivity contribution in [3.05, 3.63) is 0 Å². The summed E-state index contributed by atoms with van der Waals surface area (Å²) in [5, 5.41) is 16.3. The summed E-state index contributed by atoms with van der Waals surface area (Å²) in [7, 11) is 0. The van der Waals surface area contributed by atoms with Crippen LogP contribution in [-0.2, 0) is 0 Å². The van der Waals surface area contributed by atoms with Crippen molar-refractivity contribution in [2.45, 2.75) is 6.10 Å². The first-order valence-corrected chi connectivity index (χ1v) is 2.19. The molecule has 0 radical (unpaired) electrons. The second kappa shape index (κ2) is 7.47. The minimum Gasteiger partial charge on any atom is -1.00 e. The number of hydrogen-bond donors (Lipinski definition) is 2. The van der Waals surface area contributed by atoms with Crippen molar-refractivity contribution < 1.29 is 13.1 Å². The van der Waals surface area contributed by atoms with Gasteiger partial charge < -0.3 is 13.1 Å². The fourth-order valence-electron chi connectivity index (χ4n) is 0.0488. The van der Waals surface area contributed by atoms with E-state index in [2.05, 4.69) is 0 Å². The molecule has 0 aromatic heterocycles. The van der Waals surface area contributed by atoms with E-state index < -0.39 is 6.10 Å². The van der Waals surface area contributed by atoms with Crippen LogP contribution in [0.25, 0.3) is 0 Å². The summed E-state index contributed by atoms with van der Waals surface area (Å²) >= 11 is 5.04. The van der Waals surface area contributed by atoms with Gasteiger partial charge in [0.2, 0.25) is 0 Å². The Kier molecular flexibility index (Phi) is 12.0. The van der Waals surface area contributed by atoms with Gasteiger partial charge in [0.25, 0.3) is 0 Å². The standard InChI is InChI=1S/C3H7ClO2.Ca.2H/c4-1-3(6)2-5;;;/h3,5-6H,1-2H2;;;/q;+2;2*-1. The van der Waals surface area contributed by atoms with Crippen LogP contribution in [-0.4, -0.2) is 66.5 Å². The summed E-state index contributed by atoms with van der Waals surface area (Å²) in [4.78, 5) is 0. The fraction of sp³-hybridized carbons (Fsp3) is 1.00. The summed E-state index contributed by atoms with van der Waals surface area (Å²) in [5.41, 5.74) is 0. The first-order valence-electron chi connectivity index (χ1n) is 1.66. The molecule has 0 aliphatic carbocycles. The molecule has 42 valence electrons. The molecule has 0 bridgehead atoms. The summed E-state index contributed by atoms with van der Waals surface area (Å²) in [6.45, 7) is -0.247. The molecule has 0 rings (SSSR count). The normalized spacial score (nSPS) is 12.4. The van der Waals surface area contributed by atoms with Crippen molar-refractivity contribution in [1.29, 1.82) is 0 Å². The number of alkyl halides is 1. The van der Waals surface area contributed by atoms with E-state index in [1.165, 1.54) is 0 Å². The van der Waals surface area contributed by atoms with Gasteiger partial charge in [0.1, 0.15) is 0 Å². The average molecular weight is 153 g/mol. The van der Waals surface area contributed by atoms with Crippen molar-refractivity contribution in [2.75, 3.05) is 12.5 Å². The number of aliphatic hydroxyl groups is 2. The second-order valence-corrected chi connectivity index (χ2v) is 1.30. The van der Waals surface area contributed by atoms with Crippen molar-refractivity contribution in [1.82, 2.24) is 0 Å². The Balaban J connectivity index is -0.0000000417. The number of aliphatic hydroxyl groups excluding tert-OH is 2. The van der Waals surface area contributed by atoms with Crippen LogP contribution >= 0.6 is 11.6 Å². The van der Waals surface area contributed by atoms with Crippen LogP contribution in [0.3, 0.4) is 0 Å². The summed E-state index contributed by atoms with van der Waals surface area (Å²) < 4.78 is 0. The third kappa shape index (κ3) is 7.47. The largest absolute Gasteiger partial charge is 2.00 e. The van der Waals surface area contributed by atoms with Crippen LogP contribution in [0.4, 0.5) is 0 Å². The minimum absolute atomic E-state index is 0. The molecule has 0 fully saturated rings. The Bertz CT molecular complexity index is 39.0. The van der Waals surface area contributed by atoms with Crippen LogP contribution in [0.1, 0.15) is 2.85 Å². The maximum absolute atomic E-state index is 8.28. The van der Waals surface area contributed by atoms with E-state index in [0.29, 0.717) is 0 Å². The van der Waals surface area contributed by atoms with Gasteiger partial charge in [0.15, 0.2) is 0 Å². The zero-order chi connectivity index (χ0) is 4.99. The van der Waals surface area contributed by atoms with Crippen LogP contribution < -0.4 is 0 Å². The van der Waals surface area contributed by atoms with Crippen LogP contribution in [0.5, 0.6) is 0 Å². The SMILES string of the molecule is OCC(O)CCl.[Ca+2].[H-].[H-]. The van der Waals surface area contributed by atoms with Crippen molar-refractivity contribution in [2.24, 2.45) is 0 Å². The van der Waals surface area contributed by atoms with E-state index in [4.69, 9.17) is 21.8 Å². The number of halogens is 1. The van der Waals surface area contributed by atoms with Crippen LogP contribution in [0.15, 0.2) is 0 Å². The van der Waals surface area contributed by atoms with E-state index in [9.17, 15) is 0 Å². The molecule has 7 heavy (non-hydrogen) atoms. The van der Waals surface area contributed by atoms with Gasteiger partial charge in [-0.05, 0) is 0 Å². The smallest absolute Gasteiger partial charge is 1.00 e. The fourth-order valence-corrected chi connectivity index (χ4v) is 0.146. The number of hydrogen-bond acceptors (Lipinski definition) is 2. The molecule has 0 aliphatic heterocycles. The predicted molar refractivity (Wildman–Crippen MR) is 31.8 cm³/mol. The van der Waals surface area contributed by atoms with Gasteiger partial charge in [-0.1, -0.05) is 0 Å². The third-order valence-electron chi connectivity index (χ3n) is 0.389. The zero-order valence-corrected chi connectivity index (χ0v) is 6.94. The van der Waals surface area contributed by atoms with Crippen molar-refractivity contribution in [3.8, 4) is 0 Å². The minimum atomic E-state index is -0.744. The topological polar surface area (TPSA) is 40.5 Å². The van der Waals surface area contributed by atoms with Gasteiger partial charge in [-0.25, -0.2) is 0 Å². The molecule has 0 saturated carbocycles. The molecule has 2 nitrogen and oxygen atoms in total. The van der Waals surface area contributed by atoms with Gasteiger partial charge in [-0.3, -0.25) is 0 Å². The van der Waals surface area contributed by atoms with Gasteiger partial charge in [0, 0.05) is 0 Å². The molecule has 0 heterocycles. The molecule has 0 amide bonds. The van der Waals surface area contributed by atoms with Gasteiger partial charge in [-0.2, -0.15) is 0 Å². The molecular formula is C3H9CaClO2. The second-order valence-electron chi connectivity index (χ2n) is 0.991. The first-order chi connectivity index (χ1) is 2.81.